The van der Waals surface area contributed by atoms with Crippen molar-refractivity contribution in [2.24, 2.45) is 0 Å². The minimum absolute atomic E-state index is 0.141. The number of nitrogens with one attached hydrogen (secondary N) is 2. The molecule has 1 atom stereocenters. The number of ether oxygens (including phenoxy) is 1. The van der Waals surface area contributed by atoms with E-state index < -0.39 is 16.9 Å². The molecule has 2 amide bonds. The van der Waals surface area contributed by atoms with Crippen LogP contribution in [0.2, 0.25) is 0 Å². The Bertz CT molecular complexity index is 816. The smallest absolute Gasteiger partial charge is 0.266 e. The maximum atomic E-state index is 12.3. The van der Waals surface area contributed by atoms with Crippen LogP contribution in [0.25, 0.3) is 0 Å². The first-order valence-corrected chi connectivity index (χ1v) is 9.00. The summed E-state index contributed by atoms with van der Waals surface area (Å²) >= 11 is 0. The molecule has 1 aliphatic rings. The summed E-state index contributed by atoms with van der Waals surface area (Å²) in [5.41, 5.74) is 0.808. The normalized spacial score (nSPS) is 14.4. The van der Waals surface area contributed by atoms with Crippen molar-refractivity contribution < 1.29 is 18.5 Å². The first-order valence-electron chi connectivity index (χ1n) is 7.85. The predicted molar refractivity (Wildman–Crippen MR) is 93.8 cm³/mol. The molecule has 1 fully saturated rings. The lowest BCUT2D eigenvalue weighted by Gasteiger charge is -2.09. The third-order valence-corrected chi connectivity index (χ3v) is 4.85. The number of para-hydroxylation sites is 1. The van der Waals surface area contributed by atoms with E-state index in [9.17, 15) is 13.8 Å². The fourth-order valence-corrected chi connectivity index (χ4v) is 3.04. The highest BCUT2D eigenvalue weighted by Crippen LogP contribution is 2.20. The number of amides is 2. The molecule has 0 spiro atoms. The molecule has 1 aliphatic carbocycles. The molecular formula is C18H18N2O4S. The summed E-state index contributed by atoms with van der Waals surface area (Å²) in [4.78, 5) is 24.6. The van der Waals surface area contributed by atoms with Gasteiger partial charge < -0.3 is 10.1 Å². The molecule has 130 valence electrons. The molecule has 0 heterocycles. The van der Waals surface area contributed by atoms with Gasteiger partial charge in [0.1, 0.15) is 5.75 Å². The summed E-state index contributed by atoms with van der Waals surface area (Å²) in [5, 5.41) is 2.89. The Morgan fingerprint density at radius 3 is 2.36 bits per heavy atom. The van der Waals surface area contributed by atoms with E-state index in [1.807, 2.05) is 0 Å². The maximum absolute atomic E-state index is 12.3. The Morgan fingerprint density at radius 2 is 1.72 bits per heavy atom. The van der Waals surface area contributed by atoms with Gasteiger partial charge in [-0.2, -0.15) is 0 Å². The number of carbonyl (C=O) groups is 2. The minimum Gasteiger partial charge on any atom is -0.496 e. The Labute approximate surface area is 148 Å². The molecular weight excluding hydrogens is 340 g/mol. The highest BCUT2D eigenvalue weighted by atomic mass is 32.2. The lowest BCUT2D eigenvalue weighted by Crippen LogP contribution is -2.27. The largest absolute Gasteiger partial charge is 0.496 e. The molecule has 0 saturated heterocycles. The van der Waals surface area contributed by atoms with E-state index in [0.717, 1.165) is 12.8 Å². The molecule has 2 aromatic carbocycles. The zero-order chi connectivity index (χ0) is 17.8. The lowest BCUT2D eigenvalue weighted by molar-refractivity contribution is 0.0948. The van der Waals surface area contributed by atoms with E-state index >= 15 is 0 Å². The van der Waals surface area contributed by atoms with Crippen molar-refractivity contribution in [3.63, 3.8) is 0 Å². The Kier molecular flexibility index (Phi) is 5.14. The molecule has 6 nitrogen and oxygen atoms in total. The van der Waals surface area contributed by atoms with Crippen molar-refractivity contribution in [3.8, 4) is 5.75 Å². The minimum atomic E-state index is -1.73. The summed E-state index contributed by atoms with van der Waals surface area (Å²) in [6.07, 6.45) is 2.03. The van der Waals surface area contributed by atoms with Gasteiger partial charge in [-0.3, -0.25) is 14.3 Å². The second kappa shape index (κ2) is 7.48. The van der Waals surface area contributed by atoms with Crippen molar-refractivity contribution in [1.82, 2.24) is 10.0 Å². The van der Waals surface area contributed by atoms with Gasteiger partial charge in [0.25, 0.3) is 11.8 Å². The van der Waals surface area contributed by atoms with Gasteiger partial charge in [0.2, 0.25) is 0 Å². The molecule has 0 aliphatic heterocycles. The highest BCUT2D eigenvalue weighted by molar-refractivity contribution is 7.83. The quantitative estimate of drug-likeness (QED) is 0.828. The number of methoxy groups -OCH3 is 1. The number of rotatable bonds is 6. The number of hydrogen-bond acceptors (Lipinski definition) is 4. The highest BCUT2D eigenvalue weighted by Gasteiger charge is 2.23. The van der Waals surface area contributed by atoms with Crippen LogP contribution in [0.3, 0.4) is 0 Å². The summed E-state index contributed by atoms with van der Waals surface area (Å²) in [7, 11) is -0.264. The summed E-state index contributed by atoms with van der Waals surface area (Å²) in [6, 6.07) is 13.3. The third kappa shape index (κ3) is 4.24. The van der Waals surface area contributed by atoms with Crippen LogP contribution >= 0.6 is 0 Å². The Balaban J connectivity index is 1.66. The average Bonchev–Trinajstić information content (AvgIpc) is 3.45. The Hall–Kier alpha value is -2.67. The maximum Gasteiger partial charge on any atom is 0.266 e. The molecule has 1 unspecified atom stereocenters. The van der Waals surface area contributed by atoms with Gasteiger partial charge in [0.05, 0.1) is 17.6 Å². The van der Waals surface area contributed by atoms with Gasteiger partial charge in [-0.15, -0.1) is 0 Å². The first kappa shape index (κ1) is 17.2. The van der Waals surface area contributed by atoms with Gasteiger partial charge in [-0.05, 0) is 49.2 Å². The molecule has 7 heteroatoms. The molecule has 3 rings (SSSR count). The van der Waals surface area contributed by atoms with Gasteiger partial charge in [-0.25, -0.2) is 4.21 Å². The van der Waals surface area contributed by atoms with E-state index in [2.05, 4.69) is 10.0 Å². The standard InChI is InChI=1S/C18H18N2O4S/c1-24-16-5-3-2-4-15(16)18(22)20-25(23)14-10-6-12(7-11-14)17(21)19-13-8-9-13/h2-7,10-11,13H,8-9H2,1H3,(H,19,21)(H,20,22). The van der Waals surface area contributed by atoms with Gasteiger partial charge in [0, 0.05) is 11.6 Å². The van der Waals surface area contributed by atoms with Crippen LogP contribution in [-0.2, 0) is 11.0 Å². The van der Waals surface area contributed by atoms with Crippen molar-refractivity contribution >= 4 is 22.8 Å². The fourth-order valence-electron chi connectivity index (χ4n) is 2.26. The molecule has 0 bridgehead atoms. The van der Waals surface area contributed by atoms with E-state index in [-0.39, 0.29) is 11.9 Å². The molecule has 0 aromatic heterocycles. The topological polar surface area (TPSA) is 84.5 Å². The van der Waals surface area contributed by atoms with Gasteiger partial charge >= 0.3 is 0 Å². The van der Waals surface area contributed by atoms with E-state index in [4.69, 9.17) is 4.74 Å². The molecule has 2 N–H and O–H groups in total. The van der Waals surface area contributed by atoms with Crippen molar-refractivity contribution in [3.05, 3.63) is 59.7 Å². The van der Waals surface area contributed by atoms with Crippen LogP contribution in [-0.4, -0.2) is 29.2 Å². The van der Waals surface area contributed by atoms with Gasteiger partial charge in [-0.1, -0.05) is 12.1 Å². The summed E-state index contributed by atoms with van der Waals surface area (Å²) in [5.74, 6) is -0.228. The average molecular weight is 358 g/mol. The monoisotopic (exact) mass is 358 g/mol. The second-order valence-corrected chi connectivity index (χ2v) is 6.89. The number of carbonyl (C=O) groups excluding carboxylic acids is 2. The van der Waals surface area contributed by atoms with E-state index in [1.54, 1.807) is 48.5 Å². The summed E-state index contributed by atoms with van der Waals surface area (Å²) < 4.78 is 19.9. The first-order chi connectivity index (χ1) is 12.1. The third-order valence-electron chi connectivity index (χ3n) is 3.78. The van der Waals surface area contributed by atoms with Crippen LogP contribution in [0.4, 0.5) is 0 Å². The van der Waals surface area contributed by atoms with Crippen LogP contribution in [0.1, 0.15) is 33.6 Å². The van der Waals surface area contributed by atoms with E-state index in [0.29, 0.717) is 21.8 Å². The van der Waals surface area contributed by atoms with Crippen LogP contribution in [0.5, 0.6) is 5.75 Å². The van der Waals surface area contributed by atoms with Crippen molar-refractivity contribution in [2.45, 2.75) is 23.8 Å². The fraction of sp³-hybridized carbons (Fsp3) is 0.222. The zero-order valence-electron chi connectivity index (χ0n) is 13.7. The van der Waals surface area contributed by atoms with Crippen molar-refractivity contribution in [1.29, 1.82) is 0 Å². The molecule has 2 aromatic rings. The molecule has 25 heavy (non-hydrogen) atoms. The second-order valence-electron chi connectivity index (χ2n) is 5.67. The SMILES string of the molecule is COc1ccccc1C(=O)NS(=O)c1ccc(C(=O)NC2CC2)cc1. The molecule has 1 saturated carbocycles. The van der Waals surface area contributed by atoms with Gasteiger partial charge in [0.15, 0.2) is 11.0 Å². The van der Waals surface area contributed by atoms with Crippen LogP contribution in [0, 0.1) is 0 Å². The number of hydrogen-bond donors (Lipinski definition) is 2. The molecule has 0 radical (unpaired) electrons. The zero-order valence-corrected chi connectivity index (χ0v) is 14.5. The van der Waals surface area contributed by atoms with E-state index in [1.165, 1.54) is 7.11 Å². The Morgan fingerprint density at radius 1 is 1.04 bits per heavy atom. The summed E-state index contributed by atoms with van der Waals surface area (Å²) in [6.45, 7) is 0. The lowest BCUT2D eigenvalue weighted by atomic mass is 10.2. The van der Waals surface area contributed by atoms with Crippen molar-refractivity contribution in [2.75, 3.05) is 7.11 Å². The van der Waals surface area contributed by atoms with Crippen LogP contribution < -0.4 is 14.8 Å². The van der Waals surface area contributed by atoms with Crippen LogP contribution in [0.15, 0.2) is 53.4 Å². The number of benzene rings is 2. The predicted octanol–water partition coefficient (Wildman–Crippen LogP) is 2.04.